The smallest absolute Gasteiger partial charge is 0.272 e. The summed E-state index contributed by atoms with van der Waals surface area (Å²) in [6, 6.07) is 7.68. The van der Waals surface area contributed by atoms with Gasteiger partial charge < -0.3 is 5.32 Å². The molecule has 1 aromatic carbocycles. The number of carbonyl (C=O) groups excluding carboxylic acids is 1. The van der Waals surface area contributed by atoms with Gasteiger partial charge in [0, 0.05) is 23.4 Å². The van der Waals surface area contributed by atoms with Crippen LogP contribution in [0.5, 0.6) is 0 Å². The Kier molecular flexibility index (Phi) is 3.34. The Hall–Kier alpha value is -3.03. The molecule has 2 heterocycles. The van der Waals surface area contributed by atoms with Gasteiger partial charge in [0.25, 0.3) is 5.91 Å². The molecule has 3 aromatic rings. The topological polar surface area (TPSA) is 112 Å². The molecule has 0 aliphatic heterocycles. The quantitative estimate of drug-likeness (QED) is 0.666. The number of carbonyl (C=O) groups is 1. The van der Waals surface area contributed by atoms with Crippen molar-refractivity contribution in [3.05, 3.63) is 46.8 Å². The maximum absolute atomic E-state index is 12.3. The molecule has 4 rings (SSSR count). The molecule has 0 saturated heterocycles. The highest BCUT2D eigenvalue weighted by Gasteiger charge is 2.22. The number of tetrazole rings is 1. The number of aryl methyl sites for hydroxylation is 1. The number of hydrogen-bond donors (Lipinski definition) is 3. The summed E-state index contributed by atoms with van der Waals surface area (Å²) in [5, 5.41) is 23.9. The first-order chi connectivity index (χ1) is 11.3. The lowest BCUT2D eigenvalue weighted by Gasteiger charge is -2.05. The first-order valence-corrected chi connectivity index (χ1v) is 7.48. The monoisotopic (exact) mass is 309 g/mol. The number of nitrogens with zero attached hydrogens (tertiary/aromatic N) is 4. The van der Waals surface area contributed by atoms with E-state index in [9.17, 15) is 4.79 Å². The van der Waals surface area contributed by atoms with Crippen LogP contribution in [0, 0.1) is 0 Å². The van der Waals surface area contributed by atoms with Crippen molar-refractivity contribution in [1.29, 1.82) is 0 Å². The fourth-order valence-electron chi connectivity index (χ4n) is 2.88. The highest BCUT2D eigenvalue weighted by atomic mass is 16.1. The van der Waals surface area contributed by atoms with E-state index in [0.29, 0.717) is 18.1 Å². The predicted octanol–water partition coefficient (Wildman–Crippen LogP) is 1.01. The van der Waals surface area contributed by atoms with Gasteiger partial charge in [-0.15, -0.1) is 10.2 Å². The standard InChI is InChI=1S/C15H15N7O/c23-15(13-11-5-2-6-12(11)17-18-13)16-8-9-3-1-4-10(7-9)14-19-21-22-20-14/h1,3-4,7H,2,5-6,8H2,(H,16,23)(H,17,18)(H,19,20,21,22). The molecular formula is C15H15N7O. The van der Waals surface area contributed by atoms with E-state index in [0.717, 1.165) is 41.6 Å². The van der Waals surface area contributed by atoms with E-state index in [4.69, 9.17) is 0 Å². The van der Waals surface area contributed by atoms with Crippen molar-refractivity contribution in [1.82, 2.24) is 36.1 Å². The molecule has 0 saturated carbocycles. The molecule has 0 bridgehead atoms. The third kappa shape index (κ3) is 2.59. The summed E-state index contributed by atoms with van der Waals surface area (Å²) in [7, 11) is 0. The van der Waals surface area contributed by atoms with Gasteiger partial charge in [-0.2, -0.15) is 10.3 Å². The van der Waals surface area contributed by atoms with E-state index in [2.05, 4.69) is 36.1 Å². The summed E-state index contributed by atoms with van der Waals surface area (Å²) in [5.41, 5.74) is 4.49. The lowest BCUT2D eigenvalue weighted by Crippen LogP contribution is -2.24. The number of hydrogen-bond acceptors (Lipinski definition) is 5. The second kappa shape index (κ2) is 5.64. The fraction of sp³-hybridized carbons (Fsp3) is 0.267. The second-order valence-corrected chi connectivity index (χ2v) is 5.50. The van der Waals surface area contributed by atoms with E-state index in [-0.39, 0.29) is 5.91 Å². The summed E-state index contributed by atoms with van der Waals surface area (Å²) < 4.78 is 0. The molecule has 8 nitrogen and oxygen atoms in total. The fourth-order valence-corrected chi connectivity index (χ4v) is 2.88. The Morgan fingerprint density at radius 3 is 3.09 bits per heavy atom. The van der Waals surface area contributed by atoms with E-state index in [1.807, 2.05) is 24.3 Å². The minimum absolute atomic E-state index is 0.144. The van der Waals surface area contributed by atoms with Crippen LogP contribution in [0.25, 0.3) is 11.4 Å². The van der Waals surface area contributed by atoms with Gasteiger partial charge in [0.05, 0.1) is 0 Å². The van der Waals surface area contributed by atoms with Gasteiger partial charge in [-0.3, -0.25) is 9.89 Å². The van der Waals surface area contributed by atoms with Crippen molar-refractivity contribution < 1.29 is 4.79 Å². The number of fused-ring (bicyclic) bond motifs is 1. The lowest BCUT2D eigenvalue weighted by molar-refractivity contribution is 0.0945. The number of H-pyrrole nitrogens is 2. The van der Waals surface area contributed by atoms with E-state index in [1.165, 1.54) is 0 Å². The molecule has 8 heteroatoms. The average molecular weight is 309 g/mol. The molecule has 0 unspecified atom stereocenters. The van der Waals surface area contributed by atoms with Crippen LogP contribution in [-0.4, -0.2) is 36.7 Å². The number of nitrogens with one attached hydrogen (secondary N) is 3. The number of aromatic nitrogens is 6. The first kappa shape index (κ1) is 13.6. The Balaban J connectivity index is 1.47. The van der Waals surface area contributed by atoms with Crippen LogP contribution < -0.4 is 5.32 Å². The van der Waals surface area contributed by atoms with E-state index >= 15 is 0 Å². The van der Waals surface area contributed by atoms with Gasteiger partial charge in [-0.05, 0) is 36.1 Å². The SMILES string of the molecule is O=C(NCc1cccc(-c2nn[nH]n2)c1)c1n[nH]c2c1CCC2. The van der Waals surface area contributed by atoms with Gasteiger partial charge in [-0.1, -0.05) is 18.2 Å². The zero-order valence-corrected chi connectivity index (χ0v) is 12.3. The van der Waals surface area contributed by atoms with Crippen molar-refractivity contribution in [2.75, 3.05) is 0 Å². The predicted molar refractivity (Wildman–Crippen MR) is 81.4 cm³/mol. The van der Waals surface area contributed by atoms with Gasteiger partial charge >= 0.3 is 0 Å². The van der Waals surface area contributed by atoms with Crippen molar-refractivity contribution in [3.63, 3.8) is 0 Å². The van der Waals surface area contributed by atoms with Crippen molar-refractivity contribution in [2.24, 2.45) is 0 Å². The highest BCUT2D eigenvalue weighted by Crippen LogP contribution is 2.22. The maximum atomic E-state index is 12.3. The Morgan fingerprint density at radius 1 is 1.26 bits per heavy atom. The van der Waals surface area contributed by atoms with Gasteiger partial charge in [0.1, 0.15) is 0 Å². The summed E-state index contributed by atoms with van der Waals surface area (Å²) in [5.74, 6) is 0.387. The maximum Gasteiger partial charge on any atom is 0.272 e. The zero-order chi connectivity index (χ0) is 15.6. The lowest BCUT2D eigenvalue weighted by atomic mass is 10.1. The second-order valence-electron chi connectivity index (χ2n) is 5.50. The van der Waals surface area contributed by atoms with Gasteiger partial charge in [0.2, 0.25) is 5.82 Å². The molecule has 23 heavy (non-hydrogen) atoms. The van der Waals surface area contributed by atoms with Crippen molar-refractivity contribution in [3.8, 4) is 11.4 Å². The molecule has 0 fully saturated rings. The van der Waals surface area contributed by atoms with E-state index in [1.54, 1.807) is 0 Å². The minimum Gasteiger partial charge on any atom is -0.347 e. The number of amides is 1. The molecule has 0 spiro atoms. The average Bonchev–Trinajstić information content (AvgIpc) is 3.29. The van der Waals surface area contributed by atoms with Crippen LogP contribution in [-0.2, 0) is 19.4 Å². The Bertz CT molecular complexity index is 837. The zero-order valence-electron chi connectivity index (χ0n) is 12.3. The molecule has 0 radical (unpaired) electrons. The molecule has 3 N–H and O–H groups in total. The third-order valence-electron chi connectivity index (χ3n) is 4.01. The van der Waals surface area contributed by atoms with Crippen LogP contribution >= 0.6 is 0 Å². The molecule has 116 valence electrons. The normalized spacial score (nSPS) is 13.0. The van der Waals surface area contributed by atoms with Gasteiger partial charge in [0.15, 0.2) is 5.69 Å². The van der Waals surface area contributed by atoms with Crippen LogP contribution in [0.3, 0.4) is 0 Å². The molecule has 1 aliphatic rings. The summed E-state index contributed by atoms with van der Waals surface area (Å²) in [6.45, 7) is 0.423. The van der Waals surface area contributed by atoms with Crippen LogP contribution in [0.2, 0.25) is 0 Å². The van der Waals surface area contributed by atoms with Crippen molar-refractivity contribution in [2.45, 2.75) is 25.8 Å². The van der Waals surface area contributed by atoms with Crippen LogP contribution in [0.15, 0.2) is 24.3 Å². The summed E-state index contributed by atoms with van der Waals surface area (Å²) in [6.07, 6.45) is 2.97. The molecule has 1 aliphatic carbocycles. The largest absolute Gasteiger partial charge is 0.347 e. The Morgan fingerprint density at radius 2 is 2.22 bits per heavy atom. The van der Waals surface area contributed by atoms with Crippen molar-refractivity contribution >= 4 is 5.91 Å². The number of rotatable bonds is 4. The number of aromatic amines is 2. The summed E-state index contributed by atoms with van der Waals surface area (Å²) >= 11 is 0. The van der Waals surface area contributed by atoms with Crippen LogP contribution in [0.1, 0.15) is 33.7 Å². The molecule has 0 atom stereocenters. The molecule has 1 amide bonds. The summed E-state index contributed by atoms with van der Waals surface area (Å²) in [4.78, 5) is 12.3. The van der Waals surface area contributed by atoms with E-state index < -0.39 is 0 Å². The molecule has 2 aromatic heterocycles. The molecular weight excluding hydrogens is 294 g/mol. The van der Waals surface area contributed by atoms with Crippen LogP contribution in [0.4, 0.5) is 0 Å². The Labute approximate surface area is 131 Å². The highest BCUT2D eigenvalue weighted by molar-refractivity contribution is 5.94. The number of benzene rings is 1. The third-order valence-corrected chi connectivity index (χ3v) is 4.01. The van der Waals surface area contributed by atoms with Gasteiger partial charge in [-0.25, -0.2) is 0 Å². The minimum atomic E-state index is -0.144. The first-order valence-electron chi connectivity index (χ1n) is 7.48.